The Hall–Kier alpha value is -3.33. The second kappa shape index (κ2) is 10.1. The number of carbonyl (C=O) groups excluding carboxylic acids is 4. The number of rotatable bonds is 7. The normalized spacial score (nSPS) is 14.8. The van der Waals surface area contributed by atoms with Gasteiger partial charge in [0.05, 0.1) is 28.7 Å². The molecule has 1 unspecified atom stereocenters. The smallest absolute Gasteiger partial charge is 0.338 e. The fourth-order valence-electron chi connectivity index (χ4n) is 2.71. The van der Waals surface area contributed by atoms with Gasteiger partial charge in [0.1, 0.15) is 0 Å². The van der Waals surface area contributed by atoms with Crippen LogP contribution in [0.25, 0.3) is 0 Å². The second-order valence-electron chi connectivity index (χ2n) is 6.80. The minimum absolute atomic E-state index is 0.132. The van der Waals surface area contributed by atoms with Crippen LogP contribution in [0.3, 0.4) is 0 Å². The van der Waals surface area contributed by atoms with Gasteiger partial charge in [-0.15, -0.1) is 11.8 Å². The minimum atomic E-state index is -0.676. The Kier molecular flexibility index (Phi) is 7.30. The second-order valence-corrected chi connectivity index (χ2v) is 8.18. The van der Waals surface area contributed by atoms with Crippen LogP contribution in [-0.2, 0) is 19.1 Å². The molecule has 0 aliphatic carbocycles. The Bertz CT molecular complexity index is 1010. The Labute approximate surface area is 183 Å². The van der Waals surface area contributed by atoms with Crippen molar-refractivity contribution in [1.82, 2.24) is 0 Å². The predicted molar refractivity (Wildman–Crippen MR) is 116 cm³/mol. The maximum absolute atomic E-state index is 12.3. The van der Waals surface area contributed by atoms with Crippen LogP contribution in [0.4, 0.5) is 11.4 Å². The highest BCUT2D eigenvalue weighted by Gasteiger charge is 2.24. The fraction of sp³-hybridized carbons (Fsp3) is 0.273. The molecule has 2 aromatic carbocycles. The first-order valence-corrected chi connectivity index (χ1v) is 10.6. The largest absolute Gasteiger partial charge is 0.462 e. The van der Waals surface area contributed by atoms with E-state index in [1.807, 2.05) is 6.92 Å². The zero-order valence-electron chi connectivity index (χ0n) is 17.1. The van der Waals surface area contributed by atoms with Crippen LogP contribution in [0.5, 0.6) is 0 Å². The molecule has 3 rings (SSSR count). The third kappa shape index (κ3) is 5.85. The summed E-state index contributed by atoms with van der Waals surface area (Å²) in [5, 5.41) is 5.13. The molecule has 0 saturated carbocycles. The van der Waals surface area contributed by atoms with E-state index in [0.717, 1.165) is 11.3 Å². The molecule has 0 bridgehead atoms. The number of carbonyl (C=O) groups is 4. The van der Waals surface area contributed by atoms with Gasteiger partial charge < -0.3 is 20.1 Å². The summed E-state index contributed by atoms with van der Waals surface area (Å²) in [4.78, 5) is 48.8. The molecule has 0 saturated heterocycles. The highest BCUT2D eigenvalue weighted by Crippen LogP contribution is 2.36. The van der Waals surface area contributed by atoms with Crippen LogP contribution in [0.15, 0.2) is 47.4 Å². The molecule has 0 radical (unpaired) electrons. The zero-order chi connectivity index (χ0) is 22.4. The summed E-state index contributed by atoms with van der Waals surface area (Å²) >= 11 is 1.41. The van der Waals surface area contributed by atoms with Crippen molar-refractivity contribution in [3.63, 3.8) is 0 Å². The number of nitrogens with one attached hydrogen (secondary N) is 2. The maximum atomic E-state index is 12.3. The molecule has 1 aliphatic heterocycles. The molecule has 31 heavy (non-hydrogen) atoms. The first kappa shape index (κ1) is 22.4. The molecule has 1 atom stereocenters. The van der Waals surface area contributed by atoms with Gasteiger partial charge in [0.15, 0.2) is 6.61 Å². The molecular formula is C22H22N2O6S. The molecule has 2 aromatic rings. The maximum Gasteiger partial charge on any atom is 0.338 e. The number of hydrogen-bond donors (Lipinski definition) is 2. The number of anilines is 2. The summed E-state index contributed by atoms with van der Waals surface area (Å²) in [7, 11) is 0. The molecule has 0 spiro atoms. The molecule has 8 nitrogen and oxygen atoms in total. The summed E-state index contributed by atoms with van der Waals surface area (Å²) in [6.45, 7) is 3.57. The molecule has 0 fully saturated rings. The molecule has 9 heteroatoms. The lowest BCUT2D eigenvalue weighted by atomic mass is 10.2. The first-order valence-electron chi connectivity index (χ1n) is 9.73. The van der Waals surface area contributed by atoms with Crippen molar-refractivity contribution in [2.75, 3.05) is 23.8 Å². The molecule has 0 aromatic heterocycles. The van der Waals surface area contributed by atoms with Gasteiger partial charge in [-0.2, -0.15) is 0 Å². The number of benzene rings is 2. The Morgan fingerprint density at radius 2 is 1.71 bits per heavy atom. The van der Waals surface area contributed by atoms with Crippen LogP contribution < -0.4 is 10.6 Å². The lowest BCUT2D eigenvalue weighted by Crippen LogP contribution is -2.26. The van der Waals surface area contributed by atoms with Gasteiger partial charge in [-0.25, -0.2) is 9.59 Å². The summed E-state index contributed by atoms with van der Waals surface area (Å²) in [5.41, 5.74) is 1.61. The number of hydrogen-bond acceptors (Lipinski definition) is 7. The van der Waals surface area contributed by atoms with E-state index in [2.05, 4.69) is 10.6 Å². The summed E-state index contributed by atoms with van der Waals surface area (Å²) in [6.07, 6.45) is 0.733. The van der Waals surface area contributed by atoms with Crippen molar-refractivity contribution >= 4 is 46.9 Å². The molecular weight excluding hydrogens is 420 g/mol. The Balaban J connectivity index is 1.52. The monoisotopic (exact) mass is 442 g/mol. The van der Waals surface area contributed by atoms with Gasteiger partial charge >= 0.3 is 11.9 Å². The fourth-order valence-corrected chi connectivity index (χ4v) is 3.65. The minimum Gasteiger partial charge on any atom is -0.462 e. The van der Waals surface area contributed by atoms with Crippen molar-refractivity contribution in [1.29, 1.82) is 0 Å². The van der Waals surface area contributed by atoms with Gasteiger partial charge in [0.2, 0.25) is 5.91 Å². The summed E-state index contributed by atoms with van der Waals surface area (Å²) in [5.74, 6) is -1.76. The molecule has 1 aliphatic rings. The summed E-state index contributed by atoms with van der Waals surface area (Å²) in [6, 6.07) is 11.1. The number of thioether (sulfide) groups is 1. The lowest BCUT2D eigenvalue weighted by Gasteiger charge is -2.21. The van der Waals surface area contributed by atoms with Gasteiger partial charge in [0, 0.05) is 10.6 Å². The van der Waals surface area contributed by atoms with Crippen molar-refractivity contribution in [2.45, 2.75) is 30.4 Å². The molecule has 2 amide bonds. The number of fused-ring (bicyclic) bond motifs is 1. The van der Waals surface area contributed by atoms with Crippen LogP contribution in [-0.4, -0.2) is 42.2 Å². The molecule has 162 valence electrons. The van der Waals surface area contributed by atoms with E-state index >= 15 is 0 Å². The van der Waals surface area contributed by atoms with E-state index in [1.54, 1.807) is 43.3 Å². The van der Waals surface area contributed by atoms with Crippen molar-refractivity contribution in [3.05, 3.63) is 53.6 Å². The van der Waals surface area contributed by atoms with Crippen LogP contribution in [0, 0.1) is 0 Å². The SMILES string of the molecule is CCCOC(=O)c1ccc(NC(=O)COC(=O)c2ccc3c(c2)NC(=O)C(C)S3)cc1. The topological polar surface area (TPSA) is 111 Å². The summed E-state index contributed by atoms with van der Waals surface area (Å²) < 4.78 is 10.1. The highest BCUT2D eigenvalue weighted by molar-refractivity contribution is 8.00. The van der Waals surface area contributed by atoms with Gasteiger partial charge in [-0.3, -0.25) is 9.59 Å². The lowest BCUT2D eigenvalue weighted by molar-refractivity contribution is -0.119. The highest BCUT2D eigenvalue weighted by atomic mass is 32.2. The molecule has 2 N–H and O–H groups in total. The van der Waals surface area contributed by atoms with E-state index in [0.29, 0.717) is 23.5 Å². The van der Waals surface area contributed by atoms with Crippen molar-refractivity contribution in [3.8, 4) is 0 Å². The van der Waals surface area contributed by atoms with Crippen LogP contribution >= 0.6 is 11.8 Å². The number of ether oxygens (including phenoxy) is 2. The molecule has 1 heterocycles. The van der Waals surface area contributed by atoms with Crippen molar-refractivity contribution < 1.29 is 28.7 Å². The van der Waals surface area contributed by atoms with Crippen molar-refractivity contribution in [2.24, 2.45) is 0 Å². The Morgan fingerprint density at radius 1 is 1.03 bits per heavy atom. The third-order valence-corrected chi connectivity index (χ3v) is 5.50. The number of amides is 2. The average molecular weight is 442 g/mol. The van der Waals surface area contributed by atoms with Gasteiger partial charge in [-0.05, 0) is 55.8 Å². The Morgan fingerprint density at radius 3 is 2.42 bits per heavy atom. The van der Waals surface area contributed by atoms with Gasteiger partial charge in [-0.1, -0.05) is 6.92 Å². The van der Waals surface area contributed by atoms with E-state index in [-0.39, 0.29) is 16.7 Å². The predicted octanol–water partition coefficient (Wildman–Crippen LogP) is 3.48. The van der Waals surface area contributed by atoms with E-state index in [9.17, 15) is 19.2 Å². The quantitative estimate of drug-likeness (QED) is 0.632. The van der Waals surface area contributed by atoms with Gasteiger partial charge in [0.25, 0.3) is 5.91 Å². The van der Waals surface area contributed by atoms with Crippen LogP contribution in [0.2, 0.25) is 0 Å². The zero-order valence-corrected chi connectivity index (χ0v) is 17.9. The first-order chi connectivity index (χ1) is 14.9. The third-order valence-electron chi connectivity index (χ3n) is 4.32. The van der Waals surface area contributed by atoms with Crippen LogP contribution in [0.1, 0.15) is 41.0 Å². The van der Waals surface area contributed by atoms with E-state index in [4.69, 9.17) is 9.47 Å². The van der Waals surface area contributed by atoms with E-state index in [1.165, 1.54) is 17.8 Å². The standard InChI is InChI=1S/C22H22N2O6S/c1-3-10-29-21(27)14-4-7-16(8-5-14)23-19(25)12-30-22(28)15-6-9-18-17(11-15)24-20(26)13(2)31-18/h4-9,11,13H,3,10,12H2,1-2H3,(H,23,25)(H,24,26). The number of esters is 2. The average Bonchev–Trinajstić information content (AvgIpc) is 2.76. The van der Waals surface area contributed by atoms with E-state index < -0.39 is 24.5 Å².